The van der Waals surface area contributed by atoms with Crippen molar-refractivity contribution < 1.29 is 4.79 Å². The second-order valence-electron chi connectivity index (χ2n) is 6.43. The number of thioether (sulfide) groups is 1. The number of rotatable bonds is 4. The molecule has 1 saturated carbocycles. The summed E-state index contributed by atoms with van der Waals surface area (Å²) in [7, 11) is 0. The summed E-state index contributed by atoms with van der Waals surface area (Å²) in [6.45, 7) is 4.53. The minimum absolute atomic E-state index is 0.101. The maximum absolute atomic E-state index is 12.3. The third-order valence-electron chi connectivity index (χ3n) is 4.90. The van der Waals surface area contributed by atoms with Crippen LogP contribution in [0.3, 0.4) is 0 Å². The Hall–Kier alpha value is -1.62. The number of benzene rings is 1. The first kappa shape index (κ1) is 16.2. The van der Waals surface area contributed by atoms with Gasteiger partial charge in [-0.15, -0.1) is 0 Å². The third kappa shape index (κ3) is 3.83. The molecule has 1 amide bonds. The maximum atomic E-state index is 12.3. The standard InChI is InChI=1S/C18H23N3OS/c1-12-6-5-9-15(13(12)2)21-17(22)10-23-18-14-7-3-4-8-16(14)19-11-20-18/h3-4,7-8,11-13,15H,5-6,9-10H2,1-2H3,(H,21,22). The molecule has 3 rings (SSSR count). The lowest BCUT2D eigenvalue weighted by atomic mass is 9.78. The topological polar surface area (TPSA) is 54.9 Å². The van der Waals surface area contributed by atoms with E-state index in [1.165, 1.54) is 24.6 Å². The fourth-order valence-corrected chi connectivity index (χ4v) is 4.06. The molecule has 3 atom stereocenters. The fourth-order valence-electron chi connectivity index (χ4n) is 3.26. The Labute approximate surface area is 141 Å². The Morgan fingerprint density at radius 2 is 2.09 bits per heavy atom. The number of carbonyl (C=O) groups excluding carboxylic acids is 1. The molecule has 1 aliphatic rings. The van der Waals surface area contributed by atoms with Crippen LogP contribution in [-0.4, -0.2) is 27.7 Å². The summed E-state index contributed by atoms with van der Waals surface area (Å²) in [6.07, 6.45) is 5.14. The number of amides is 1. The maximum Gasteiger partial charge on any atom is 0.230 e. The summed E-state index contributed by atoms with van der Waals surface area (Å²) < 4.78 is 0. The molecule has 1 fully saturated rings. The molecular weight excluding hydrogens is 306 g/mol. The van der Waals surface area contributed by atoms with Gasteiger partial charge in [-0.25, -0.2) is 9.97 Å². The van der Waals surface area contributed by atoms with Crippen LogP contribution in [-0.2, 0) is 4.79 Å². The van der Waals surface area contributed by atoms with Gasteiger partial charge in [0.25, 0.3) is 0 Å². The van der Waals surface area contributed by atoms with E-state index in [2.05, 4.69) is 29.1 Å². The zero-order chi connectivity index (χ0) is 16.2. The lowest BCUT2D eigenvalue weighted by Crippen LogP contribution is -2.44. The summed E-state index contributed by atoms with van der Waals surface area (Å²) in [6, 6.07) is 8.21. The number of para-hydroxylation sites is 1. The fraction of sp³-hybridized carbons (Fsp3) is 0.500. The average molecular weight is 329 g/mol. The minimum atomic E-state index is 0.101. The van der Waals surface area contributed by atoms with Gasteiger partial charge in [0.2, 0.25) is 5.91 Å². The molecule has 1 N–H and O–H groups in total. The van der Waals surface area contributed by atoms with Crippen LogP contribution in [0.1, 0.15) is 33.1 Å². The summed E-state index contributed by atoms with van der Waals surface area (Å²) in [4.78, 5) is 20.9. The molecule has 0 bridgehead atoms. The smallest absolute Gasteiger partial charge is 0.230 e. The molecule has 1 heterocycles. The van der Waals surface area contributed by atoms with Gasteiger partial charge >= 0.3 is 0 Å². The summed E-state index contributed by atoms with van der Waals surface area (Å²) in [5.41, 5.74) is 0.917. The van der Waals surface area contributed by atoms with Gasteiger partial charge in [0, 0.05) is 11.4 Å². The molecular formula is C18H23N3OS. The molecule has 23 heavy (non-hydrogen) atoms. The first-order valence-corrected chi connectivity index (χ1v) is 9.25. The molecule has 4 nitrogen and oxygen atoms in total. The second kappa shape index (κ2) is 7.30. The molecule has 1 aliphatic carbocycles. The molecule has 0 radical (unpaired) electrons. The molecule has 3 unspecified atom stereocenters. The number of fused-ring (bicyclic) bond motifs is 1. The van der Waals surface area contributed by atoms with Crippen LogP contribution in [0.25, 0.3) is 10.9 Å². The number of aromatic nitrogens is 2. The highest BCUT2D eigenvalue weighted by Crippen LogP contribution is 2.30. The number of nitrogens with one attached hydrogen (secondary N) is 1. The van der Waals surface area contributed by atoms with E-state index in [1.54, 1.807) is 6.33 Å². The van der Waals surface area contributed by atoms with Crippen molar-refractivity contribution in [1.29, 1.82) is 0 Å². The highest BCUT2D eigenvalue weighted by molar-refractivity contribution is 8.00. The van der Waals surface area contributed by atoms with Gasteiger partial charge in [-0.1, -0.05) is 56.7 Å². The van der Waals surface area contributed by atoms with E-state index >= 15 is 0 Å². The van der Waals surface area contributed by atoms with Crippen LogP contribution in [0.5, 0.6) is 0 Å². The van der Waals surface area contributed by atoms with Crippen molar-refractivity contribution in [2.45, 2.75) is 44.2 Å². The highest BCUT2D eigenvalue weighted by atomic mass is 32.2. The van der Waals surface area contributed by atoms with Crippen molar-refractivity contribution in [3.8, 4) is 0 Å². The predicted molar refractivity (Wildman–Crippen MR) is 94.4 cm³/mol. The highest BCUT2D eigenvalue weighted by Gasteiger charge is 2.28. The van der Waals surface area contributed by atoms with Gasteiger partial charge in [-0.05, 0) is 24.3 Å². The van der Waals surface area contributed by atoms with Crippen molar-refractivity contribution in [3.05, 3.63) is 30.6 Å². The Kier molecular flexibility index (Phi) is 5.16. The largest absolute Gasteiger partial charge is 0.352 e. The van der Waals surface area contributed by atoms with Crippen LogP contribution < -0.4 is 5.32 Å². The van der Waals surface area contributed by atoms with Crippen molar-refractivity contribution in [2.24, 2.45) is 11.8 Å². The van der Waals surface area contributed by atoms with Gasteiger partial charge in [0.1, 0.15) is 11.4 Å². The summed E-state index contributed by atoms with van der Waals surface area (Å²) in [5.74, 6) is 1.74. The van der Waals surface area contributed by atoms with Crippen LogP contribution in [0.15, 0.2) is 35.6 Å². The Morgan fingerprint density at radius 1 is 1.26 bits per heavy atom. The van der Waals surface area contributed by atoms with Crippen LogP contribution in [0.2, 0.25) is 0 Å². The number of hydrogen-bond donors (Lipinski definition) is 1. The zero-order valence-electron chi connectivity index (χ0n) is 13.7. The van der Waals surface area contributed by atoms with Gasteiger partial charge < -0.3 is 5.32 Å². The quantitative estimate of drug-likeness (QED) is 0.687. The minimum Gasteiger partial charge on any atom is -0.352 e. The lowest BCUT2D eigenvalue weighted by molar-refractivity contribution is -0.119. The molecule has 0 spiro atoms. The van der Waals surface area contributed by atoms with E-state index in [1.807, 2.05) is 24.3 Å². The molecule has 0 saturated heterocycles. The molecule has 1 aromatic heterocycles. The summed E-state index contributed by atoms with van der Waals surface area (Å²) in [5, 5.41) is 5.09. The second-order valence-corrected chi connectivity index (χ2v) is 7.39. The average Bonchev–Trinajstić information content (AvgIpc) is 2.57. The van der Waals surface area contributed by atoms with Crippen molar-refractivity contribution >= 4 is 28.6 Å². The van der Waals surface area contributed by atoms with Crippen molar-refractivity contribution in [1.82, 2.24) is 15.3 Å². The van der Waals surface area contributed by atoms with Crippen LogP contribution in [0.4, 0.5) is 0 Å². The lowest BCUT2D eigenvalue weighted by Gasteiger charge is -2.34. The van der Waals surface area contributed by atoms with E-state index in [0.717, 1.165) is 22.3 Å². The molecule has 1 aromatic carbocycles. The number of carbonyl (C=O) groups is 1. The first-order valence-electron chi connectivity index (χ1n) is 8.27. The Bertz CT molecular complexity index is 686. The van der Waals surface area contributed by atoms with E-state index in [9.17, 15) is 4.79 Å². The molecule has 0 aliphatic heterocycles. The van der Waals surface area contributed by atoms with Crippen LogP contribution in [0, 0.1) is 11.8 Å². The third-order valence-corrected chi connectivity index (χ3v) is 5.90. The molecule has 5 heteroatoms. The number of nitrogens with zero attached hydrogens (tertiary/aromatic N) is 2. The molecule has 2 aromatic rings. The van der Waals surface area contributed by atoms with E-state index in [0.29, 0.717) is 23.6 Å². The summed E-state index contributed by atoms with van der Waals surface area (Å²) >= 11 is 1.49. The monoisotopic (exact) mass is 329 g/mol. The SMILES string of the molecule is CC1CCCC(NC(=O)CSc2ncnc3ccccc23)C1C. The first-order chi connectivity index (χ1) is 11.1. The Morgan fingerprint density at radius 3 is 2.96 bits per heavy atom. The predicted octanol–water partition coefficient (Wildman–Crippen LogP) is 3.66. The van der Waals surface area contributed by atoms with E-state index in [-0.39, 0.29) is 5.91 Å². The van der Waals surface area contributed by atoms with Gasteiger partial charge in [0.15, 0.2) is 0 Å². The number of hydrogen-bond acceptors (Lipinski definition) is 4. The Balaban J connectivity index is 1.60. The zero-order valence-corrected chi connectivity index (χ0v) is 14.5. The van der Waals surface area contributed by atoms with Crippen molar-refractivity contribution in [3.63, 3.8) is 0 Å². The van der Waals surface area contributed by atoms with E-state index < -0.39 is 0 Å². The van der Waals surface area contributed by atoms with Gasteiger partial charge in [-0.3, -0.25) is 4.79 Å². The normalized spacial score (nSPS) is 24.5. The van der Waals surface area contributed by atoms with Gasteiger partial charge in [0.05, 0.1) is 11.3 Å². The molecule has 122 valence electrons. The van der Waals surface area contributed by atoms with Crippen LogP contribution >= 0.6 is 11.8 Å². The van der Waals surface area contributed by atoms with Crippen molar-refractivity contribution in [2.75, 3.05) is 5.75 Å². The van der Waals surface area contributed by atoms with E-state index in [4.69, 9.17) is 0 Å². The van der Waals surface area contributed by atoms with Gasteiger partial charge in [-0.2, -0.15) is 0 Å².